The van der Waals surface area contributed by atoms with Crippen molar-refractivity contribution in [2.75, 3.05) is 19.1 Å². The van der Waals surface area contributed by atoms with E-state index in [0.29, 0.717) is 5.69 Å². The summed E-state index contributed by atoms with van der Waals surface area (Å²) in [5, 5.41) is 0. The maximum absolute atomic E-state index is 11.6. The average Bonchev–Trinajstić information content (AvgIpc) is 2.32. The number of benzene rings is 1. The van der Waals surface area contributed by atoms with Gasteiger partial charge in [-0.15, -0.1) is 0 Å². The number of methoxy groups -OCH3 is 1. The van der Waals surface area contributed by atoms with Crippen molar-refractivity contribution in [3.63, 3.8) is 0 Å². The Labute approximate surface area is 107 Å². The van der Waals surface area contributed by atoms with Crippen molar-refractivity contribution < 1.29 is 14.3 Å². The normalized spacial score (nSPS) is 10.1. The number of carbonyl (C=O) groups excluding carboxylic acids is 2. The Morgan fingerprint density at radius 1 is 1.22 bits per heavy atom. The summed E-state index contributed by atoms with van der Waals surface area (Å²) in [6, 6.07) is 1.81. The number of aryl methyl sites for hydroxylation is 1. The number of amides is 2. The van der Waals surface area contributed by atoms with E-state index in [9.17, 15) is 9.59 Å². The lowest BCUT2D eigenvalue weighted by molar-refractivity contribution is -0.135. The number of nitrogens with zero attached hydrogens (tertiary/aromatic N) is 1. The summed E-state index contributed by atoms with van der Waals surface area (Å²) < 4.78 is 5.30. The highest BCUT2D eigenvalue weighted by Crippen LogP contribution is 2.32. The van der Waals surface area contributed by atoms with Crippen molar-refractivity contribution in [1.29, 1.82) is 0 Å². The number of rotatable bonds is 2. The second-order valence-electron chi connectivity index (χ2n) is 4.22. The van der Waals surface area contributed by atoms with Gasteiger partial charge in [0.15, 0.2) is 0 Å². The second kappa shape index (κ2) is 5.08. The Balaban J connectivity index is 3.35. The molecule has 1 rings (SSSR count). The van der Waals surface area contributed by atoms with Crippen molar-refractivity contribution in [1.82, 2.24) is 0 Å². The zero-order valence-electron chi connectivity index (χ0n) is 11.3. The van der Waals surface area contributed by atoms with Gasteiger partial charge in [0, 0.05) is 12.7 Å². The summed E-state index contributed by atoms with van der Waals surface area (Å²) in [7, 11) is 3.13. The highest BCUT2D eigenvalue weighted by atomic mass is 16.5. The zero-order chi connectivity index (χ0) is 14.0. The van der Waals surface area contributed by atoms with Crippen LogP contribution in [0.2, 0.25) is 0 Å². The van der Waals surface area contributed by atoms with Crippen LogP contribution in [0, 0.1) is 20.8 Å². The minimum absolute atomic E-state index is 0.662. The number of nitrogens with two attached hydrogens (primary N) is 1. The first-order valence-electron chi connectivity index (χ1n) is 5.53. The maximum atomic E-state index is 11.6. The minimum atomic E-state index is -0.969. The lowest BCUT2D eigenvalue weighted by Gasteiger charge is -2.22. The monoisotopic (exact) mass is 250 g/mol. The number of hydrogen-bond donors (Lipinski definition) is 1. The van der Waals surface area contributed by atoms with Crippen LogP contribution in [0.15, 0.2) is 6.07 Å². The van der Waals surface area contributed by atoms with E-state index in [1.165, 1.54) is 11.9 Å². The molecule has 1 aromatic rings. The van der Waals surface area contributed by atoms with Gasteiger partial charge in [-0.05, 0) is 43.5 Å². The standard InChI is InChI=1S/C13H18N2O3/c1-7-6-10(15(4)13(17)12(14)16)8(2)9(3)11(7)18-5/h6H,1-5H3,(H2,14,16). The molecule has 18 heavy (non-hydrogen) atoms. The van der Waals surface area contributed by atoms with Crippen molar-refractivity contribution in [2.24, 2.45) is 5.73 Å². The Hall–Kier alpha value is -2.04. The summed E-state index contributed by atoms with van der Waals surface area (Å²) in [5.41, 5.74) is 8.39. The number of hydrogen-bond acceptors (Lipinski definition) is 3. The van der Waals surface area contributed by atoms with Gasteiger partial charge in [-0.3, -0.25) is 9.59 Å². The molecule has 1 aromatic carbocycles. The van der Waals surface area contributed by atoms with Gasteiger partial charge in [0.25, 0.3) is 0 Å². The van der Waals surface area contributed by atoms with E-state index in [2.05, 4.69) is 0 Å². The van der Waals surface area contributed by atoms with Crippen LogP contribution in [-0.2, 0) is 9.59 Å². The quantitative estimate of drug-likeness (QED) is 0.798. The van der Waals surface area contributed by atoms with E-state index in [-0.39, 0.29) is 0 Å². The lowest BCUT2D eigenvalue weighted by Crippen LogP contribution is -2.38. The van der Waals surface area contributed by atoms with Gasteiger partial charge in [-0.2, -0.15) is 0 Å². The molecular formula is C13H18N2O3. The van der Waals surface area contributed by atoms with Crippen LogP contribution >= 0.6 is 0 Å². The number of anilines is 1. The molecule has 0 aliphatic heterocycles. The molecule has 0 aliphatic carbocycles. The first-order valence-corrected chi connectivity index (χ1v) is 5.53. The van der Waals surface area contributed by atoms with Crippen LogP contribution in [0.5, 0.6) is 5.75 Å². The van der Waals surface area contributed by atoms with Gasteiger partial charge in [0.1, 0.15) is 5.75 Å². The fourth-order valence-corrected chi connectivity index (χ4v) is 1.97. The number of ether oxygens (including phenoxy) is 1. The smallest absolute Gasteiger partial charge is 0.315 e. The lowest BCUT2D eigenvalue weighted by atomic mass is 10.0. The summed E-state index contributed by atoms with van der Waals surface area (Å²) in [6.07, 6.45) is 0. The Morgan fingerprint density at radius 3 is 2.22 bits per heavy atom. The second-order valence-corrected chi connectivity index (χ2v) is 4.22. The van der Waals surface area contributed by atoms with Gasteiger partial charge in [0.2, 0.25) is 0 Å². The average molecular weight is 250 g/mol. The molecule has 0 saturated heterocycles. The molecule has 5 nitrogen and oxygen atoms in total. The molecule has 0 heterocycles. The SMILES string of the molecule is COc1c(C)cc(N(C)C(=O)C(N)=O)c(C)c1C. The van der Waals surface area contributed by atoms with Crippen molar-refractivity contribution in [2.45, 2.75) is 20.8 Å². The minimum Gasteiger partial charge on any atom is -0.496 e. The third-order valence-electron chi connectivity index (χ3n) is 3.08. The molecule has 0 radical (unpaired) electrons. The topological polar surface area (TPSA) is 72.6 Å². The maximum Gasteiger partial charge on any atom is 0.315 e. The van der Waals surface area contributed by atoms with E-state index >= 15 is 0 Å². The third-order valence-corrected chi connectivity index (χ3v) is 3.08. The first-order chi connectivity index (χ1) is 8.31. The molecule has 0 aliphatic rings. The molecule has 0 atom stereocenters. The molecule has 2 amide bonds. The van der Waals surface area contributed by atoms with E-state index < -0.39 is 11.8 Å². The predicted octanol–water partition coefficient (Wildman–Crippen LogP) is 1.07. The fourth-order valence-electron chi connectivity index (χ4n) is 1.97. The van der Waals surface area contributed by atoms with E-state index in [1.807, 2.05) is 26.8 Å². The first kappa shape index (κ1) is 14.0. The van der Waals surface area contributed by atoms with Crippen LogP contribution in [0.1, 0.15) is 16.7 Å². The van der Waals surface area contributed by atoms with Crippen LogP contribution in [0.4, 0.5) is 5.69 Å². The Bertz CT molecular complexity index is 509. The van der Waals surface area contributed by atoms with Crippen LogP contribution in [-0.4, -0.2) is 26.0 Å². The van der Waals surface area contributed by atoms with Gasteiger partial charge < -0.3 is 15.4 Å². The molecule has 0 fully saturated rings. The summed E-state index contributed by atoms with van der Waals surface area (Å²) in [6.45, 7) is 5.67. The van der Waals surface area contributed by atoms with Crippen LogP contribution < -0.4 is 15.4 Å². The zero-order valence-corrected chi connectivity index (χ0v) is 11.3. The van der Waals surface area contributed by atoms with Crippen LogP contribution in [0.25, 0.3) is 0 Å². The van der Waals surface area contributed by atoms with Gasteiger partial charge in [-0.25, -0.2) is 0 Å². The van der Waals surface area contributed by atoms with Crippen molar-refractivity contribution in [3.8, 4) is 5.75 Å². The molecule has 0 saturated carbocycles. The van der Waals surface area contributed by atoms with E-state index in [0.717, 1.165) is 22.4 Å². The van der Waals surface area contributed by atoms with Crippen LogP contribution in [0.3, 0.4) is 0 Å². The fraction of sp³-hybridized carbons (Fsp3) is 0.385. The molecule has 5 heteroatoms. The van der Waals surface area contributed by atoms with Gasteiger partial charge in [-0.1, -0.05) is 0 Å². The summed E-state index contributed by atoms with van der Waals surface area (Å²) in [5.74, 6) is -0.915. The summed E-state index contributed by atoms with van der Waals surface area (Å²) in [4.78, 5) is 23.8. The van der Waals surface area contributed by atoms with Crippen molar-refractivity contribution >= 4 is 17.5 Å². The highest BCUT2D eigenvalue weighted by Gasteiger charge is 2.20. The van der Waals surface area contributed by atoms with Gasteiger partial charge in [0.05, 0.1) is 7.11 Å². The van der Waals surface area contributed by atoms with Crippen molar-refractivity contribution in [3.05, 3.63) is 22.8 Å². The Morgan fingerprint density at radius 2 is 1.78 bits per heavy atom. The highest BCUT2D eigenvalue weighted by molar-refractivity contribution is 6.39. The molecule has 2 N–H and O–H groups in total. The molecule has 0 spiro atoms. The Kier molecular flexibility index (Phi) is 3.96. The third kappa shape index (κ3) is 2.30. The van der Waals surface area contributed by atoms with E-state index in [4.69, 9.17) is 10.5 Å². The molecular weight excluding hydrogens is 232 g/mol. The molecule has 0 bridgehead atoms. The van der Waals surface area contributed by atoms with E-state index in [1.54, 1.807) is 7.11 Å². The molecule has 98 valence electrons. The number of carbonyl (C=O) groups is 2. The number of likely N-dealkylation sites (N-methyl/N-ethyl adjacent to an activating group) is 1. The molecule has 0 aromatic heterocycles. The molecule has 0 unspecified atom stereocenters. The largest absolute Gasteiger partial charge is 0.496 e. The summed E-state index contributed by atoms with van der Waals surface area (Å²) >= 11 is 0. The predicted molar refractivity (Wildman–Crippen MR) is 69.8 cm³/mol. The van der Waals surface area contributed by atoms with Gasteiger partial charge >= 0.3 is 11.8 Å². The number of primary amides is 1.